The van der Waals surface area contributed by atoms with Gasteiger partial charge in [0.2, 0.25) is 10.0 Å². The van der Waals surface area contributed by atoms with E-state index in [0.717, 1.165) is 24.8 Å². The van der Waals surface area contributed by atoms with Gasteiger partial charge in [0.1, 0.15) is 5.75 Å². The predicted octanol–water partition coefficient (Wildman–Crippen LogP) is 3.84. The normalized spacial score (nSPS) is 15.2. The molecule has 2 aromatic carbocycles. The Balaban J connectivity index is 1.71. The van der Waals surface area contributed by atoms with Crippen LogP contribution >= 0.6 is 11.6 Å². The van der Waals surface area contributed by atoms with Gasteiger partial charge in [0.05, 0.1) is 9.92 Å². The molecule has 2 aromatic rings. The molecule has 1 saturated heterocycles. The van der Waals surface area contributed by atoms with Gasteiger partial charge in [-0.25, -0.2) is 8.42 Å². The Morgan fingerprint density at radius 1 is 1.14 bits per heavy atom. The molecule has 1 aliphatic rings. The minimum absolute atomic E-state index is 0.183. The fourth-order valence-electron chi connectivity index (χ4n) is 3.04. The molecule has 0 atom stereocenters. The molecule has 28 heavy (non-hydrogen) atoms. The smallest absolute Gasteiger partial charge is 0.262 e. The summed E-state index contributed by atoms with van der Waals surface area (Å²) in [6.45, 7) is 2.64. The number of halogens is 1. The second kappa shape index (κ2) is 8.94. The van der Waals surface area contributed by atoms with Crippen LogP contribution in [0.1, 0.15) is 24.8 Å². The van der Waals surface area contributed by atoms with Crippen molar-refractivity contribution < 1.29 is 17.9 Å². The lowest BCUT2D eigenvalue weighted by Crippen LogP contribution is -2.35. The molecule has 8 heteroatoms. The number of benzene rings is 2. The van der Waals surface area contributed by atoms with E-state index in [1.165, 1.54) is 10.4 Å². The molecule has 3 rings (SSSR count). The third-order valence-electron chi connectivity index (χ3n) is 4.63. The van der Waals surface area contributed by atoms with Gasteiger partial charge < -0.3 is 10.1 Å². The molecule has 0 bridgehead atoms. The van der Waals surface area contributed by atoms with Crippen LogP contribution in [0, 0.1) is 6.92 Å². The number of rotatable bonds is 6. The maximum atomic E-state index is 12.9. The maximum absolute atomic E-state index is 12.9. The molecule has 150 valence electrons. The van der Waals surface area contributed by atoms with Crippen molar-refractivity contribution >= 4 is 33.2 Å². The largest absolute Gasteiger partial charge is 0.482 e. The summed E-state index contributed by atoms with van der Waals surface area (Å²) in [6, 6.07) is 11.7. The number of ether oxygens (including phenoxy) is 1. The number of carbonyl (C=O) groups excluding carboxylic acids is 1. The van der Waals surface area contributed by atoms with Crippen LogP contribution in [0.3, 0.4) is 0 Å². The Bertz CT molecular complexity index is 956. The molecule has 1 heterocycles. The van der Waals surface area contributed by atoms with Gasteiger partial charge >= 0.3 is 0 Å². The van der Waals surface area contributed by atoms with Crippen LogP contribution in [0.4, 0.5) is 5.69 Å². The topological polar surface area (TPSA) is 75.7 Å². The van der Waals surface area contributed by atoms with Crippen molar-refractivity contribution in [2.75, 3.05) is 25.0 Å². The van der Waals surface area contributed by atoms with Crippen molar-refractivity contribution in [2.45, 2.75) is 31.1 Å². The van der Waals surface area contributed by atoms with Gasteiger partial charge in [-0.2, -0.15) is 4.31 Å². The fourth-order valence-corrected chi connectivity index (χ4v) is 4.78. The number of hydrogen-bond donors (Lipinski definition) is 1. The number of para-hydroxylation sites is 1. The highest BCUT2D eigenvalue weighted by atomic mass is 35.5. The van der Waals surface area contributed by atoms with Gasteiger partial charge in [-0.05, 0) is 49.6 Å². The maximum Gasteiger partial charge on any atom is 0.262 e. The fraction of sp³-hybridized carbons (Fsp3) is 0.350. The zero-order valence-electron chi connectivity index (χ0n) is 15.7. The molecular weight excluding hydrogens is 400 g/mol. The van der Waals surface area contributed by atoms with E-state index in [-0.39, 0.29) is 11.5 Å². The summed E-state index contributed by atoms with van der Waals surface area (Å²) < 4.78 is 32.7. The molecular formula is C20H23ClN2O4S. The Morgan fingerprint density at radius 2 is 1.86 bits per heavy atom. The van der Waals surface area contributed by atoms with E-state index in [2.05, 4.69) is 5.32 Å². The minimum atomic E-state index is -3.56. The first-order valence-corrected chi connectivity index (χ1v) is 11.0. The predicted molar refractivity (Wildman–Crippen MR) is 109 cm³/mol. The van der Waals surface area contributed by atoms with Crippen LogP contribution in [0.5, 0.6) is 5.75 Å². The SMILES string of the molecule is Cc1ccc(S(=O)(=O)N2CCCCC2)cc1NC(=O)COc1ccccc1Cl. The van der Waals surface area contributed by atoms with Gasteiger partial charge in [0.15, 0.2) is 6.61 Å². The number of nitrogens with one attached hydrogen (secondary N) is 1. The molecule has 0 radical (unpaired) electrons. The van der Waals surface area contributed by atoms with Crippen LogP contribution in [0.25, 0.3) is 0 Å². The highest BCUT2D eigenvalue weighted by Gasteiger charge is 2.26. The lowest BCUT2D eigenvalue weighted by molar-refractivity contribution is -0.118. The summed E-state index contributed by atoms with van der Waals surface area (Å²) in [6.07, 6.45) is 2.79. The average molecular weight is 423 g/mol. The molecule has 0 saturated carbocycles. The molecule has 1 fully saturated rings. The summed E-state index contributed by atoms with van der Waals surface area (Å²) in [5, 5.41) is 3.14. The number of sulfonamides is 1. The van der Waals surface area contributed by atoms with Gasteiger partial charge in [0.25, 0.3) is 5.91 Å². The molecule has 1 amide bonds. The molecule has 6 nitrogen and oxygen atoms in total. The van der Waals surface area contributed by atoms with Gasteiger partial charge in [0, 0.05) is 18.8 Å². The third kappa shape index (κ3) is 4.84. The monoisotopic (exact) mass is 422 g/mol. The first-order chi connectivity index (χ1) is 13.4. The Kier molecular flexibility index (Phi) is 6.59. The lowest BCUT2D eigenvalue weighted by atomic mass is 10.2. The summed E-state index contributed by atoms with van der Waals surface area (Å²) in [4.78, 5) is 12.5. The van der Waals surface area contributed by atoms with Crippen LogP contribution in [0.2, 0.25) is 5.02 Å². The minimum Gasteiger partial charge on any atom is -0.482 e. The molecule has 0 spiro atoms. The van der Waals surface area contributed by atoms with Gasteiger partial charge in [-0.15, -0.1) is 0 Å². The van der Waals surface area contributed by atoms with E-state index in [9.17, 15) is 13.2 Å². The molecule has 0 unspecified atom stereocenters. The highest BCUT2D eigenvalue weighted by Crippen LogP contribution is 2.26. The van der Waals surface area contributed by atoms with Gasteiger partial charge in [-0.1, -0.05) is 36.2 Å². The number of nitrogens with zero attached hydrogens (tertiary/aromatic N) is 1. The number of hydrogen-bond acceptors (Lipinski definition) is 4. The summed E-state index contributed by atoms with van der Waals surface area (Å²) in [7, 11) is -3.56. The lowest BCUT2D eigenvalue weighted by Gasteiger charge is -2.26. The van der Waals surface area contributed by atoms with Crippen molar-refractivity contribution in [3.05, 3.63) is 53.1 Å². The van der Waals surface area contributed by atoms with E-state index >= 15 is 0 Å². The number of aryl methyl sites for hydroxylation is 1. The average Bonchev–Trinajstić information content (AvgIpc) is 2.69. The van der Waals surface area contributed by atoms with Gasteiger partial charge in [-0.3, -0.25) is 4.79 Å². The van der Waals surface area contributed by atoms with Crippen molar-refractivity contribution in [3.63, 3.8) is 0 Å². The van der Waals surface area contributed by atoms with Crippen molar-refractivity contribution in [3.8, 4) is 5.75 Å². The van der Waals surface area contributed by atoms with E-state index in [0.29, 0.717) is 29.5 Å². The quantitative estimate of drug-likeness (QED) is 0.767. The first kappa shape index (κ1) is 20.6. The third-order valence-corrected chi connectivity index (χ3v) is 6.84. The van der Waals surface area contributed by atoms with Crippen LogP contribution < -0.4 is 10.1 Å². The van der Waals surface area contributed by atoms with Crippen LogP contribution in [-0.4, -0.2) is 38.3 Å². The number of piperidine rings is 1. The number of anilines is 1. The first-order valence-electron chi connectivity index (χ1n) is 9.16. The molecule has 1 N–H and O–H groups in total. The Morgan fingerprint density at radius 3 is 2.57 bits per heavy atom. The van der Waals surface area contributed by atoms with E-state index in [4.69, 9.17) is 16.3 Å². The Hall–Kier alpha value is -2.09. The zero-order valence-corrected chi connectivity index (χ0v) is 17.2. The van der Waals surface area contributed by atoms with Crippen molar-refractivity contribution in [1.82, 2.24) is 4.31 Å². The molecule has 0 aromatic heterocycles. The van der Waals surface area contributed by atoms with E-state index in [1.54, 1.807) is 36.4 Å². The second-order valence-electron chi connectivity index (χ2n) is 6.71. The second-order valence-corrected chi connectivity index (χ2v) is 9.05. The standard InChI is InChI=1S/C20H23ClN2O4S/c1-15-9-10-16(28(25,26)23-11-5-2-6-12-23)13-18(15)22-20(24)14-27-19-8-4-3-7-17(19)21/h3-4,7-10,13H,2,5-6,11-12,14H2,1H3,(H,22,24). The molecule has 0 aliphatic carbocycles. The summed E-state index contributed by atoms with van der Waals surface area (Å²) in [5.74, 6) is 0.0213. The van der Waals surface area contributed by atoms with E-state index < -0.39 is 15.9 Å². The molecule has 1 aliphatic heterocycles. The highest BCUT2D eigenvalue weighted by molar-refractivity contribution is 7.89. The Labute approximate surface area is 170 Å². The van der Waals surface area contributed by atoms with Crippen LogP contribution in [-0.2, 0) is 14.8 Å². The van der Waals surface area contributed by atoms with Crippen molar-refractivity contribution in [2.24, 2.45) is 0 Å². The number of carbonyl (C=O) groups is 1. The number of amides is 1. The summed E-state index contributed by atoms with van der Waals surface area (Å²) >= 11 is 6.01. The zero-order chi connectivity index (χ0) is 20.1. The summed E-state index contributed by atoms with van der Waals surface area (Å²) in [5.41, 5.74) is 1.22. The van der Waals surface area contributed by atoms with Crippen molar-refractivity contribution in [1.29, 1.82) is 0 Å². The van der Waals surface area contributed by atoms with Crippen LogP contribution in [0.15, 0.2) is 47.4 Å². The van der Waals surface area contributed by atoms with E-state index in [1.807, 2.05) is 6.92 Å².